The lowest BCUT2D eigenvalue weighted by atomic mass is 10.1. The number of carbonyl (C=O) groups is 1. The third kappa shape index (κ3) is 3.80. The first kappa shape index (κ1) is 15.5. The van der Waals surface area contributed by atoms with Gasteiger partial charge in [0.15, 0.2) is 5.75 Å². The summed E-state index contributed by atoms with van der Waals surface area (Å²) >= 11 is 12.1. The van der Waals surface area contributed by atoms with Crippen LogP contribution in [0.2, 0.25) is 10.0 Å². The van der Waals surface area contributed by atoms with Crippen molar-refractivity contribution in [2.75, 3.05) is 12.4 Å². The van der Waals surface area contributed by atoms with Crippen LogP contribution >= 0.6 is 23.2 Å². The number of rotatable bonds is 5. The van der Waals surface area contributed by atoms with E-state index in [2.05, 4.69) is 5.32 Å². The van der Waals surface area contributed by atoms with Crippen LogP contribution in [0.15, 0.2) is 36.4 Å². The van der Waals surface area contributed by atoms with Crippen LogP contribution < -0.4 is 15.8 Å². The van der Waals surface area contributed by atoms with Crippen molar-refractivity contribution in [1.82, 2.24) is 0 Å². The second kappa shape index (κ2) is 6.70. The molecule has 0 radical (unpaired) electrons. The molecule has 2 aromatic rings. The lowest BCUT2D eigenvalue weighted by molar-refractivity contribution is 0.1000. The number of primary amides is 1. The van der Waals surface area contributed by atoms with E-state index in [-0.39, 0.29) is 0 Å². The van der Waals surface area contributed by atoms with Crippen LogP contribution in [-0.2, 0) is 6.61 Å². The van der Waals surface area contributed by atoms with Crippen molar-refractivity contribution in [3.8, 4) is 5.75 Å². The summed E-state index contributed by atoms with van der Waals surface area (Å²) in [7, 11) is 1.76. The minimum Gasteiger partial charge on any atom is -0.485 e. The molecule has 0 saturated carbocycles. The molecule has 0 bridgehead atoms. The third-order valence-electron chi connectivity index (χ3n) is 2.90. The van der Waals surface area contributed by atoms with Crippen LogP contribution in [0.25, 0.3) is 0 Å². The van der Waals surface area contributed by atoms with Gasteiger partial charge in [0.1, 0.15) is 6.61 Å². The number of benzene rings is 2. The Morgan fingerprint density at radius 3 is 2.48 bits per heavy atom. The third-order valence-corrected chi connectivity index (χ3v) is 3.40. The molecule has 1 amide bonds. The molecule has 0 aliphatic rings. The zero-order valence-corrected chi connectivity index (χ0v) is 12.8. The van der Waals surface area contributed by atoms with Gasteiger partial charge < -0.3 is 15.8 Å². The molecule has 0 atom stereocenters. The molecule has 6 heteroatoms. The van der Waals surface area contributed by atoms with Crippen molar-refractivity contribution in [1.29, 1.82) is 0 Å². The Bertz CT molecular complexity index is 657. The average molecular weight is 325 g/mol. The van der Waals surface area contributed by atoms with Gasteiger partial charge in [-0.15, -0.1) is 0 Å². The molecule has 0 spiro atoms. The van der Waals surface area contributed by atoms with Crippen molar-refractivity contribution in [3.05, 3.63) is 57.6 Å². The molecular formula is C15H14Cl2N2O2. The van der Waals surface area contributed by atoms with E-state index in [0.29, 0.717) is 33.7 Å². The summed E-state index contributed by atoms with van der Waals surface area (Å²) in [5.41, 5.74) is 7.26. The zero-order valence-electron chi connectivity index (χ0n) is 11.3. The summed E-state index contributed by atoms with van der Waals surface area (Å²) in [4.78, 5) is 11.0. The lowest BCUT2D eigenvalue weighted by Gasteiger charge is -2.13. The minimum absolute atomic E-state index is 0.315. The largest absolute Gasteiger partial charge is 0.485 e. The average Bonchev–Trinajstić information content (AvgIpc) is 2.46. The normalized spacial score (nSPS) is 10.2. The first-order chi connectivity index (χ1) is 10.0. The first-order valence-corrected chi connectivity index (χ1v) is 6.95. The lowest BCUT2D eigenvalue weighted by Crippen LogP contribution is -2.10. The molecule has 0 fully saturated rings. The van der Waals surface area contributed by atoms with E-state index in [0.717, 1.165) is 5.56 Å². The monoisotopic (exact) mass is 324 g/mol. The molecular weight excluding hydrogens is 311 g/mol. The Labute approximate surface area is 132 Å². The van der Waals surface area contributed by atoms with Gasteiger partial charge >= 0.3 is 0 Å². The summed E-state index contributed by atoms with van der Waals surface area (Å²) in [5, 5.41) is 3.94. The number of ether oxygens (including phenoxy) is 1. The smallest absolute Gasteiger partial charge is 0.248 e. The van der Waals surface area contributed by atoms with E-state index in [9.17, 15) is 4.79 Å². The van der Waals surface area contributed by atoms with Crippen molar-refractivity contribution in [2.45, 2.75) is 6.61 Å². The molecule has 0 unspecified atom stereocenters. The highest BCUT2D eigenvalue weighted by Crippen LogP contribution is 2.36. The standard InChI is InChI=1S/C15H14Cl2N2O2/c1-19-13-7-11(16)6-12(17)14(13)21-8-9-2-4-10(5-3-9)15(18)20/h2-7,19H,8H2,1H3,(H2,18,20). The Balaban J connectivity index is 2.14. The predicted octanol–water partition coefficient (Wildman–Crippen LogP) is 3.71. The van der Waals surface area contributed by atoms with E-state index >= 15 is 0 Å². The van der Waals surface area contributed by atoms with Crippen LogP contribution in [0.5, 0.6) is 5.75 Å². The Morgan fingerprint density at radius 2 is 1.90 bits per heavy atom. The Hall–Kier alpha value is -1.91. The summed E-state index contributed by atoms with van der Waals surface area (Å²) in [5.74, 6) is 0.0724. The van der Waals surface area contributed by atoms with Gasteiger partial charge in [-0.05, 0) is 29.8 Å². The van der Waals surface area contributed by atoms with E-state index < -0.39 is 5.91 Å². The number of nitrogens with one attached hydrogen (secondary N) is 1. The summed E-state index contributed by atoms with van der Waals surface area (Å²) in [6, 6.07) is 10.2. The van der Waals surface area contributed by atoms with E-state index in [4.69, 9.17) is 33.7 Å². The van der Waals surface area contributed by atoms with E-state index in [1.165, 1.54) is 0 Å². The van der Waals surface area contributed by atoms with Gasteiger partial charge in [0.2, 0.25) is 5.91 Å². The minimum atomic E-state index is -0.458. The molecule has 0 aliphatic heterocycles. The van der Waals surface area contributed by atoms with Gasteiger partial charge in [0, 0.05) is 17.6 Å². The quantitative estimate of drug-likeness (QED) is 0.881. The van der Waals surface area contributed by atoms with Crippen LogP contribution in [0.3, 0.4) is 0 Å². The maximum absolute atomic E-state index is 11.0. The fourth-order valence-electron chi connectivity index (χ4n) is 1.81. The predicted molar refractivity (Wildman–Crippen MR) is 85.3 cm³/mol. The topological polar surface area (TPSA) is 64.3 Å². The molecule has 0 heterocycles. The summed E-state index contributed by atoms with van der Waals surface area (Å²) in [6.45, 7) is 0.315. The molecule has 0 aliphatic carbocycles. The number of amides is 1. The molecule has 21 heavy (non-hydrogen) atoms. The van der Waals surface area contributed by atoms with Crippen LogP contribution in [0.4, 0.5) is 5.69 Å². The Morgan fingerprint density at radius 1 is 1.24 bits per heavy atom. The van der Waals surface area contributed by atoms with Crippen molar-refractivity contribution in [3.63, 3.8) is 0 Å². The van der Waals surface area contributed by atoms with Crippen LogP contribution in [0, 0.1) is 0 Å². The molecule has 0 saturated heterocycles. The molecule has 2 aromatic carbocycles. The number of hydrogen-bond donors (Lipinski definition) is 2. The second-order valence-electron chi connectivity index (χ2n) is 4.36. The molecule has 2 rings (SSSR count). The highest BCUT2D eigenvalue weighted by Gasteiger charge is 2.10. The van der Waals surface area contributed by atoms with Gasteiger partial charge in [0.05, 0.1) is 10.7 Å². The molecule has 0 aromatic heterocycles. The molecule has 4 nitrogen and oxygen atoms in total. The summed E-state index contributed by atoms with van der Waals surface area (Å²) in [6.07, 6.45) is 0. The summed E-state index contributed by atoms with van der Waals surface area (Å²) < 4.78 is 5.73. The number of anilines is 1. The van der Waals surface area contributed by atoms with Crippen LogP contribution in [0.1, 0.15) is 15.9 Å². The second-order valence-corrected chi connectivity index (χ2v) is 5.21. The number of nitrogens with two attached hydrogens (primary N) is 1. The van der Waals surface area contributed by atoms with Gasteiger partial charge in [-0.1, -0.05) is 35.3 Å². The fourth-order valence-corrected chi connectivity index (χ4v) is 2.36. The SMILES string of the molecule is CNc1cc(Cl)cc(Cl)c1OCc1ccc(C(N)=O)cc1. The van der Waals surface area contributed by atoms with Crippen molar-refractivity contribution >= 4 is 34.8 Å². The van der Waals surface area contributed by atoms with Crippen molar-refractivity contribution < 1.29 is 9.53 Å². The van der Waals surface area contributed by atoms with Gasteiger partial charge in [0.25, 0.3) is 0 Å². The van der Waals surface area contributed by atoms with Gasteiger partial charge in [-0.2, -0.15) is 0 Å². The molecule has 110 valence electrons. The van der Waals surface area contributed by atoms with Gasteiger partial charge in [-0.3, -0.25) is 4.79 Å². The first-order valence-electron chi connectivity index (χ1n) is 6.19. The highest BCUT2D eigenvalue weighted by atomic mass is 35.5. The van der Waals surface area contributed by atoms with Crippen molar-refractivity contribution in [2.24, 2.45) is 5.73 Å². The maximum Gasteiger partial charge on any atom is 0.248 e. The molecule has 3 N–H and O–H groups in total. The van der Waals surface area contributed by atoms with Gasteiger partial charge in [-0.25, -0.2) is 0 Å². The van der Waals surface area contributed by atoms with E-state index in [1.54, 1.807) is 43.4 Å². The maximum atomic E-state index is 11.0. The highest BCUT2D eigenvalue weighted by molar-refractivity contribution is 6.36. The zero-order chi connectivity index (χ0) is 15.4. The number of carbonyl (C=O) groups excluding carboxylic acids is 1. The van der Waals surface area contributed by atoms with E-state index in [1.807, 2.05) is 0 Å². The van der Waals surface area contributed by atoms with Crippen LogP contribution in [-0.4, -0.2) is 13.0 Å². The number of hydrogen-bond acceptors (Lipinski definition) is 3. The number of halogens is 2. The fraction of sp³-hybridized carbons (Fsp3) is 0.133. The Kier molecular flexibility index (Phi) is 4.94.